The van der Waals surface area contributed by atoms with Gasteiger partial charge in [-0.25, -0.2) is 13.1 Å². The van der Waals surface area contributed by atoms with Gasteiger partial charge in [-0.15, -0.1) is 0 Å². The number of aryl methyl sites for hydroxylation is 1. The van der Waals surface area contributed by atoms with Crippen molar-refractivity contribution in [2.75, 3.05) is 6.54 Å². The molecule has 0 heterocycles. The molecule has 0 aliphatic heterocycles. The van der Waals surface area contributed by atoms with E-state index in [9.17, 15) is 8.42 Å². The first kappa shape index (κ1) is 14.6. The number of nitrogens with one attached hydrogen (secondary N) is 1. The van der Waals surface area contributed by atoms with Gasteiger partial charge in [-0.2, -0.15) is 0 Å². The third kappa shape index (κ3) is 4.39. The summed E-state index contributed by atoms with van der Waals surface area (Å²) in [4.78, 5) is 0.274. The molecule has 0 fully saturated rings. The van der Waals surface area contributed by atoms with Crippen LogP contribution in [0.1, 0.15) is 19.4 Å². The molecule has 0 radical (unpaired) electrons. The fourth-order valence-electron chi connectivity index (χ4n) is 1.22. The van der Waals surface area contributed by atoms with Crippen LogP contribution in [0.25, 0.3) is 0 Å². The molecule has 0 aliphatic carbocycles. The normalized spacial score (nSPS) is 12.8. The molecule has 0 saturated carbocycles. The highest BCUT2D eigenvalue weighted by Crippen LogP contribution is 2.20. The highest BCUT2D eigenvalue weighted by molar-refractivity contribution is 9.10. The molecule has 1 aromatic rings. The van der Waals surface area contributed by atoms with E-state index in [0.717, 1.165) is 4.47 Å². The van der Waals surface area contributed by atoms with Gasteiger partial charge in [0.25, 0.3) is 0 Å². The first-order valence-electron chi connectivity index (χ1n) is 5.16. The molecule has 96 valence electrons. The van der Waals surface area contributed by atoms with Gasteiger partial charge in [0, 0.05) is 16.6 Å². The quantitative estimate of drug-likeness (QED) is 0.888. The van der Waals surface area contributed by atoms with E-state index in [1.165, 1.54) is 0 Å². The number of rotatable bonds is 4. The zero-order valence-corrected chi connectivity index (χ0v) is 12.5. The van der Waals surface area contributed by atoms with E-state index in [0.29, 0.717) is 5.56 Å². The Hall–Kier alpha value is -0.430. The number of sulfonamides is 1. The first-order valence-corrected chi connectivity index (χ1v) is 7.44. The van der Waals surface area contributed by atoms with Gasteiger partial charge < -0.3 is 5.73 Å². The summed E-state index contributed by atoms with van der Waals surface area (Å²) < 4.78 is 27.4. The molecular weight excluding hydrogens is 304 g/mol. The maximum Gasteiger partial charge on any atom is 0.240 e. The molecule has 0 aliphatic rings. The van der Waals surface area contributed by atoms with Crippen molar-refractivity contribution in [3.05, 3.63) is 28.2 Å². The molecule has 1 aromatic carbocycles. The summed E-state index contributed by atoms with van der Waals surface area (Å²) in [5.74, 6) is 0. The lowest BCUT2D eigenvalue weighted by molar-refractivity contribution is 0.497. The maximum absolute atomic E-state index is 12.1. The van der Waals surface area contributed by atoms with Gasteiger partial charge in [0.1, 0.15) is 0 Å². The van der Waals surface area contributed by atoms with Crippen molar-refractivity contribution in [1.29, 1.82) is 0 Å². The van der Waals surface area contributed by atoms with E-state index in [4.69, 9.17) is 5.73 Å². The Morgan fingerprint density at radius 1 is 1.41 bits per heavy atom. The fourth-order valence-corrected chi connectivity index (χ4v) is 3.23. The molecule has 1 rings (SSSR count). The molecule has 6 heteroatoms. The number of nitrogens with two attached hydrogens (primary N) is 1. The fraction of sp³-hybridized carbons (Fsp3) is 0.455. The SMILES string of the molecule is Cc1ccc(Br)cc1S(=O)(=O)NCC(C)(C)N. The molecule has 0 bridgehead atoms. The summed E-state index contributed by atoms with van der Waals surface area (Å²) in [7, 11) is -3.51. The van der Waals surface area contributed by atoms with Crippen molar-refractivity contribution in [3.63, 3.8) is 0 Å². The highest BCUT2D eigenvalue weighted by atomic mass is 79.9. The average molecular weight is 321 g/mol. The number of benzene rings is 1. The third-order valence-electron chi connectivity index (χ3n) is 2.16. The minimum atomic E-state index is -3.51. The predicted octanol–water partition coefficient (Wildman–Crippen LogP) is 1.77. The largest absolute Gasteiger partial charge is 0.324 e. The smallest absolute Gasteiger partial charge is 0.240 e. The molecule has 0 unspecified atom stereocenters. The Labute approximate surface area is 111 Å². The lowest BCUT2D eigenvalue weighted by Crippen LogP contribution is -2.45. The minimum Gasteiger partial charge on any atom is -0.324 e. The monoisotopic (exact) mass is 320 g/mol. The topological polar surface area (TPSA) is 72.2 Å². The molecule has 3 N–H and O–H groups in total. The van der Waals surface area contributed by atoms with Crippen LogP contribution in [0.5, 0.6) is 0 Å². The molecular formula is C11H17BrN2O2S. The Bertz CT molecular complexity index is 507. The van der Waals surface area contributed by atoms with E-state index in [1.54, 1.807) is 39.0 Å². The van der Waals surface area contributed by atoms with E-state index in [2.05, 4.69) is 20.7 Å². The van der Waals surface area contributed by atoms with Gasteiger partial charge in [0.15, 0.2) is 0 Å². The molecule has 17 heavy (non-hydrogen) atoms. The third-order valence-corrected chi connectivity index (χ3v) is 4.19. The van der Waals surface area contributed by atoms with Crippen LogP contribution in [0.15, 0.2) is 27.6 Å². The van der Waals surface area contributed by atoms with Crippen molar-refractivity contribution in [3.8, 4) is 0 Å². The summed E-state index contributed by atoms with van der Waals surface area (Å²) >= 11 is 3.26. The Morgan fingerprint density at radius 2 is 2.00 bits per heavy atom. The summed E-state index contributed by atoms with van der Waals surface area (Å²) in [6, 6.07) is 5.15. The average Bonchev–Trinajstić information content (AvgIpc) is 2.18. The zero-order valence-electron chi connectivity index (χ0n) is 10.1. The van der Waals surface area contributed by atoms with Crippen molar-refractivity contribution >= 4 is 26.0 Å². The molecule has 4 nitrogen and oxygen atoms in total. The maximum atomic E-state index is 12.1. The standard InChI is InChI=1S/C11H17BrN2O2S/c1-8-4-5-9(12)6-10(8)17(15,16)14-7-11(2,3)13/h4-6,14H,7,13H2,1-3H3. The van der Waals surface area contributed by atoms with Gasteiger partial charge in [-0.3, -0.25) is 0 Å². The summed E-state index contributed by atoms with van der Waals surface area (Å²) in [5, 5.41) is 0. The van der Waals surface area contributed by atoms with E-state index in [-0.39, 0.29) is 11.4 Å². The summed E-state index contributed by atoms with van der Waals surface area (Å²) in [6.45, 7) is 5.49. The van der Waals surface area contributed by atoms with Crippen LogP contribution in [0, 0.1) is 6.92 Å². The van der Waals surface area contributed by atoms with Gasteiger partial charge in [0.2, 0.25) is 10.0 Å². The Balaban J connectivity index is 3.02. The minimum absolute atomic E-state index is 0.196. The van der Waals surface area contributed by atoms with E-state index >= 15 is 0 Å². The summed E-state index contributed by atoms with van der Waals surface area (Å²) in [5.41, 5.74) is 5.88. The molecule has 0 spiro atoms. The lowest BCUT2D eigenvalue weighted by atomic mass is 10.1. The van der Waals surface area contributed by atoms with Crippen LogP contribution in [0.3, 0.4) is 0 Å². The second-order valence-corrected chi connectivity index (χ2v) is 7.37. The van der Waals surface area contributed by atoms with Crippen molar-refractivity contribution in [2.24, 2.45) is 5.73 Å². The van der Waals surface area contributed by atoms with Crippen molar-refractivity contribution in [1.82, 2.24) is 4.72 Å². The second-order valence-electron chi connectivity index (χ2n) is 4.72. The number of hydrogen-bond donors (Lipinski definition) is 2. The van der Waals surface area contributed by atoms with Gasteiger partial charge >= 0.3 is 0 Å². The predicted molar refractivity (Wildman–Crippen MR) is 72.3 cm³/mol. The van der Waals surface area contributed by atoms with Crippen LogP contribution in [0.4, 0.5) is 0 Å². The van der Waals surface area contributed by atoms with Crippen molar-refractivity contribution in [2.45, 2.75) is 31.2 Å². The number of hydrogen-bond acceptors (Lipinski definition) is 3. The van der Waals surface area contributed by atoms with Crippen LogP contribution >= 0.6 is 15.9 Å². The zero-order chi connectivity index (χ0) is 13.3. The number of halogens is 1. The van der Waals surface area contributed by atoms with E-state index in [1.807, 2.05) is 0 Å². The summed E-state index contributed by atoms with van der Waals surface area (Å²) in [6.07, 6.45) is 0. The second kappa shape index (κ2) is 5.06. The lowest BCUT2D eigenvalue weighted by Gasteiger charge is -2.19. The highest BCUT2D eigenvalue weighted by Gasteiger charge is 2.20. The Kier molecular flexibility index (Phi) is 4.35. The van der Waals surface area contributed by atoms with Gasteiger partial charge in [-0.1, -0.05) is 22.0 Å². The van der Waals surface area contributed by atoms with Crippen LogP contribution in [0.2, 0.25) is 0 Å². The Morgan fingerprint density at radius 3 is 2.53 bits per heavy atom. The molecule has 0 atom stereocenters. The van der Waals surface area contributed by atoms with E-state index < -0.39 is 15.6 Å². The molecule has 0 saturated heterocycles. The molecule has 0 amide bonds. The van der Waals surface area contributed by atoms with Crippen molar-refractivity contribution < 1.29 is 8.42 Å². The van der Waals surface area contributed by atoms with Gasteiger partial charge in [0.05, 0.1) is 4.90 Å². The van der Waals surface area contributed by atoms with Gasteiger partial charge in [-0.05, 0) is 38.5 Å². The molecule has 0 aromatic heterocycles. The van der Waals surface area contributed by atoms with Crippen LogP contribution in [-0.4, -0.2) is 20.5 Å². The van der Waals surface area contributed by atoms with Crippen LogP contribution in [-0.2, 0) is 10.0 Å². The first-order chi connectivity index (χ1) is 7.62. The van der Waals surface area contributed by atoms with Crippen LogP contribution < -0.4 is 10.5 Å².